The van der Waals surface area contributed by atoms with Crippen molar-refractivity contribution < 1.29 is 4.74 Å². The maximum Gasteiger partial charge on any atom is 0.193 e. The molecule has 0 spiro atoms. The number of guanidine groups is 1. The second kappa shape index (κ2) is 9.89. The van der Waals surface area contributed by atoms with Crippen molar-refractivity contribution in [1.29, 1.82) is 0 Å². The fraction of sp³-hybridized carbons (Fsp3) is 0.562. The highest BCUT2D eigenvalue weighted by atomic mass is 127. The van der Waals surface area contributed by atoms with Crippen LogP contribution in [0.5, 0.6) is 5.75 Å². The number of halogens is 1. The first kappa shape index (κ1) is 19.0. The molecule has 1 saturated heterocycles. The van der Waals surface area contributed by atoms with Crippen molar-refractivity contribution >= 4 is 35.6 Å². The number of benzene rings is 1. The quantitative estimate of drug-likeness (QED) is 0.439. The summed E-state index contributed by atoms with van der Waals surface area (Å²) in [4.78, 5) is 6.86. The van der Waals surface area contributed by atoms with Crippen LogP contribution in [0.2, 0.25) is 0 Å². The molecule has 0 aromatic heterocycles. The van der Waals surface area contributed by atoms with Crippen LogP contribution in [0.3, 0.4) is 0 Å². The van der Waals surface area contributed by atoms with Crippen molar-refractivity contribution in [3.8, 4) is 5.75 Å². The number of nitrogens with two attached hydrogens (primary N) is 1. The first-order valence-electron chi connectivity index (χ1n) is 7.60. The van der Waals surface area contributed by atoms with Gasteiger partial charge in [-0.25, -0.2) is 0 Å². The van der Waals surface area contributed by atoms with Crippen molar-refractivity contribution in [2.45, 2.75) is 19.8 Å². The molecule has 1 aromatic carbocycles. The number of methoxy groups -OCH3 is 1. The third-order valence-electron chi connectivity index (χ3n) is 3.80. The number of hydrogen-bond donors (Lipinski definition) is 2. The number of rotatable bonds is 5. The molecule has 0 saturated carbocycles. The molecule has 0 bridgehead atoms. The van der Waals surface area contributed by atoms with Gasteiger partial charge >= 0.3 is 0 Å². The van der Waals surface area contributed by atoms with Gasteiger partial charge < -0.3 is 20.7 Å². The van der Waals surface area contributed by atoms with E-state index in [2.05, 4.69) is 22.1 Å². The number of hydrogen-bond acceptors (Lipinski definition) is 3. The highest BCUT2D eigenvalue weighted by molar-refractivity contribution is 14.0. The highest BCUT2D eigenvalue weighted by Gasteiger charge is 2.15. The third-order valence-corrected chi connectivity index (χ3v) is 3.80. The number of ether oxygens (including phenoxy) is 1. The summed E-state index contributed by atoms with van der Waals surface area (Å²) in [5.74, 6) is 2.10. The zero-order valence-corrected chi connectivity index (χ0v) is 15.7. The van der Waals surface area contributed by atoms with E-state index in [1.807, 2.05) is 24.3 Å². The fourth-order valence-electron chi connectivity index (χ4n) is 2.66. The lowest BCUT2D eigenvalue weighted by Crippen LogP contribution is -2.36. The highest BCUT2D eigenvalue weighted by Crippen LogP contribution is 2.15. The van der Waals surface area contributed by atoms with Gasteiger partial charge in [-0.3, -0.25) is 4.99 Å². The minimum absolute atomic E-state index is 0. The van der Waals surface area contributed by atoms with Crippen molar-refractivity contribution in [3.05, 3.63) is 24.3 Å². The van der Waals surface area contributed by atoms with Gasteiger partial charge in [0.2, 0.25) is 0 Å². The number of nitrogens with one attached hydrogen (secondary N) is 1. The van der Waals surface area contributed by atoms with E-state index in [0.29, 0.717) is 5.96 Å². The maximum absolute atomic E-state index is 5.91. The molecule has 1 heterocycles. The summed E-state index contributed by atoms with van der Waals surface area (Å²) in [6.45, 7) is 6.40. The summed E-state index contributed by atoms with van der Waals surface area (Å²) in [5.41, 5.74) is 6.83. The van der Waals surface area contributed by atoms with Crippen LogP contribution in [0.25, 0.3) is 0 Å². The average molecular weight is 418 g/mol. The molecule has 0 radical (unpaired) electrons. The van der Waals surface area contributed by atoms with E-state index >= 15 is 0 Å². The van der Waals surface area contributed by atoms with E-state index in [9.17, 15) is 0 Å². The zero-order chi connectivity index (χ0) is 15.1. The molecule has 6 heteroatoms. The molecule has 1 aromatic rings. The second-order valence-electron chi connectivity index (χ2n) is 5.67. The summed E-state index contributed by atoms with van der Waals surface area (Å²) in [5, 5.41) is 3.09. The van der Waals surface area contributed by atoms with E-state index in [0.717, 1.165) is 30.4 Å². The molecule has 3 N–H and O–H groups in total. The zero-order valence-electron chi connectivity index (χ0n) is 13.4. The molecule has 124 valence electrons. The first-order valence-corrected chi connectivity index (χ1v) is 7.60. The van der Waals surface area contributed by atoms with Crippen LogP contribution >= 0.6 is 24.0 Å². The first-order chi connectivity index (χ1) is 10.2. The van der Waals surface area contributed by atoms with Crippen molar-refractivity contribution in [3.63, 3.8) is 0 Å². The van der Waals surface area contributed by atoms with Gasteiger partial charge in [-0.1, -0.05) is 6.92 Å². The van der Waals surface area contributed by atoms with Crippen LogP contribution in [0.4, 0.5) is 5.69 Å². The molecular formula is C16H27IN4O. The third kappa shape index (κ3) is 6.39. The topological polar surface area (TPSA) is 62.9 Å². The molecule has 1 aliphatic rings. The van der Waals surface area contributed by atoms with Crippen LogP contribution in [0.1, 0.15) is 19.8 Å². The monoisotopic (exact) mass is 418 g/mol. The maximum atomic E-state index is 5.91. The van der Waals surface area contributed by atoms with Crippen molar-refractivity contribution in [1.82, 2.24) is 4.90 Å². The standard InChI is InChI=1S/C16H26N4O.HI/c1-13-4-3-10-20(12-13)11-9-18-16(17)19-14-5-7-15(21-2)8-6-14;/h5-8,13H,3-4,9-12H2,1-2H3,(H3,17,18,19);1H. The Bertz CT molecular complexity index is 464. The van der Waals surface area contributed by atoms with Crippen LogP contribution in [-0.4, -0.2) is 44.1 Å². The summed E-state index contributed by atoms with van der Waals surface area (Å²) in [6.07, 6.45) is 2.64. The predicted octanol–water partition coefficient (Wildman–Crippen LogP) is 2.77. The van der Waals surface area contributed by atoms with Crippen LogP contribution in [-0.2, 0) is 0 Å². The lowest BCUT2D eigenvalue weighted by molar-refractivity contribution is 0.189. The Labute approximate surface area is 150 Å². The number of nitrogens with zero attached hydrogens (tertiary/aromatic N) is 2. The molecule has 1 aliphatic heterocycles. The number of piperidine rings is 1. The Kier molecular flexibility index (Phi) is 8.55. The summed E-state index contributed by atoms with van der Waals surface area (Å²) < 4.78 is 5.12. The van der Waals surface area contributed by atoms with Crippen LogP contribution in [0.15, 0.2) is 29.3 Å². The van der Waals surface area contributed by atoms with Gasteiger partial charge in [0.1, 0.15) is 5.75 Å². The van der Waals surface area contributed by atoms with Gasteiger partial charge in [0.05, 0.1) is 13.7 Å². The van der Waals surface area contributed by atoms with Crippen molar-refractivity contribution in [2.75, 3.05) is 38.6 Å². The second-order valence-corrected chi connectivity index (χ2v) is 5.67. The van der Waals surface area contributed by atoms with Crippen molar-refractivity contribution in [2.24, 2.45) is 16.6 Å². The summed E-state index contributed by atoms with van der Waals surface area (Å²) >= 11 is 0. The molecule has 0 aliphatic carbocycles. The number of likely N-dealkylation sites (tertiary alicyclic amines) is 1. The molecular weight excluding hydrogens is 391 g/mol. The summed E-state index contributed by atoms with van der Waals surface area (Å²) in [6, 6.07) is 7.64. The van der Waals surface area contributed by atoms with E-state index in [1.165, 1.54) is 25.9 Å². The molecule has 5 nitrogen and oxygen atoms in total. The van der Waals surface area contributed by atoms with E-state index in [4.69, 9.17) is 10.5 Å². The number of aliphatic imine (C=N–C) groups is 1. The SMILES string of the molecule is COc1ccc(NC(N)=NCCN2CCCC(C)C2)cc1.I. The van der Waals surface area contributed by atoms with Crippen LogP contribution < -0.4 is 15.8 Å². The van der Waals surface area contributed by atoms with E-state index < -0.39 is 0 Å². The van der Waals surface area contributed by atoms with Gasteiger partial charge in [0.15, 0.2) is 5.96 Å². The molecule has 2 rings (SSSR count). The molecule has 22 heavy (non-hydrogen) atoms. The smallest absolute Gasteiger partial charge is 0.193 e. The van der Waals surface area contributed by atoms with Gasteiger partial charge in [-0.15, -0.1) is 24.0 Å². The molecule has 1 unspecified atom stereocenters. The van der Waals surface area contributed by atoms with Gasteiger partial charge in [0, 0.05) is 18.8 Å². The van der Waals surface area contributed by atoms with Gasteiger partial charge in [-0.2, -0.15) is 0 Å². The Morgan fingerprint density at radius 2 is 2.14 bits per heavy atom. The van der Waals surface area contributed by atoms with Gasteiger partial charge in [-0.05, 0) is 49.6 Å². The normalized spacial score (nSPS) is 19.4. The summed E-state index contributed by atoms with van der Waals surface area (Å²) in [7, 11) is 1.65. The predicted molar refractivity (Wildman–Crippen MR) is 103 cm³/mol. The van der Waals surface area contributed by atoms with Gasteiger partial charge in [0.25, 0.3) is 0 Å². The Morgan fingerprint density at radius 1 is 1.41 bits per heavy atom. The largest absolute Gasteiger partial charge is 0.497 e. The average Bonchev–Trinajstić information content (AvgIpc) is 2.48. The minimum atomic E-state index is 0. The lowest BCUT2D eigenvalue weighted by Gasteiger charge is -2.30. The Balaban J connectivity index is 0.00000242. The Hall–Kier alpha value is -1.02. The molecule has 1 atom stereocenters. The van der Waals surface area contributed by atoms with Crippen LogP contribution in [0, 0.1) is 5.92 Å². The fourth-order valence-corrected chi connectivity index (χ4v) is 2.66. The number of anilines is 1. The lowest BCUT2D eigenvalue weighted by atomic mass is 10.0. The molecule has 0 amide bonds. The van der Waals surface area contributed by atoms with E-state index in [1.54, 1.807) is 7.11 Å². The molecule has 1 fully saturated rings. The Morgan fingerprint density at radius 3 is 2.77 bits per heavy atom. The minimum Gasteiger partial charge on any atom is -0.497 e. The van der Waals surface area contributed by atoms with E-state index in [-0.39, 0.29) is 24.0 Å².